The molecule has 4 heteroatoms. The summed E-state index contributed by atoms with van der Waals surface area (Å²) in [6, 6.07) is 0.100. The van der Waals surface area contributed by atoms with Crippen LogP contribution in [-0.2, 0) is 16.8 Å². The molecule has 2 N–H and O–H groups in total. The fourth-order valence-electron chi connectivity index (χ4n) is 1.96. The first-order valence-corrected chi connectivity index (χ1v) is 5.71. The first-order chi connectivity index (χ1) is 7.54. The van der Waals surface area contributed by atoms with Crippen molar-refractivity contribution in [1.82, 2.24) is 9.97 Å². The second kappa shape index (κ2) is 4.11. The Kier molecular flexibility index (Phi) is 2.95. The minimum Gasteiger partial charge on any atom is -0.371 e. The Morgan fingerprint density at radius 2 is 2.25 bits per heavy atom. The molecule has 0 fully saturated rings. The predicted octanol–water partition coefficient (Wildman–Crippen LogP) is 1.69. The van der Waals surface area contributed by atoms with E-state index in [4.69, 9.17) is 10.5 Å². The molecular formula is C12H19N3O. The van der Waals surface area contributed by atoms with Crippen LogP contribution in [-0.4, -0.2) is 17.1 Å². The van der Waals surface area contributed by atoms with E-state index >= 15 is 0 Å². The van der Waals surface area contributed by atoms with Gasteiger partial charge in [0.15, 0.2) is 5.82 Å². The van der Waals surface area contributed by atoms with Crippen LogP contribution in [0.1, 0.15) is 49.8 Å². The molecule has 0 spiro atoms. The van der Waals surface area contributed by atoms with Crippen LogP contribution in [0.4, 0.5) is 0 Å². The highest BCUT2D eigenvalue weighted by Crippen LogP contribution is 2.28. The lowest BCUT2D eigenvalue weighted by Gasteiger charge is -2.25. The van der Waals surface area contributed by atoms with Gasteiger partial charge in [-0.3, -0.25) is 0 Å². The molecule has 88 valence electrons. The molecule has 0 amide bonds. The van der Waals surface area contributed by atoms with Gasteiger partial charge in [-0.15, -0.1) is 0 Å². The normalized spacial score (nSPS) is 20.6. The van der Waals surface area contributed by atoms with Gasteiger partial charge in [0.25, 0.3) is 0 Å². The highest BCUT2D eigenvalue weighted by atomic mass is 16.5. The SMILES string of the molecule is COC(C)(C)c1ncc2c(n1)CCCC2N. The van der Waals surface area contributed by atoms with E-state index in [-0.39, 0.29) is 6.04 Å². The number of hydrogen-bond donors (Lipinski definition) is 1. The number of ether oxygens (including phenoxy) is 1. The van der Waals surface area contributed by atoms with Gasteiger partial charge >= 0.3 is 0 Å². The lowest BCUT2D eigenvalue weighted by molar-refractivity contribution is 0.0111. The van der Waals surface area contributed by atoms with Crippen molar-refractivity contribution in [2.45, 2.75) is 44.8 Å². The number of aromatic nitrogens is 2. The van der Waals surface area contributed by atoms with Gasteiger partial charge in [0.05, 0.1) is 0 Å². The smallest absolute Gasteiger partial charge is 0.159 e. The summed E-state index contributed by atoms with van der Waals surface area (Å²) in [6.45, 7) is 3.94. The fraction of sp³-hybridized carbons (Fsp3) is 0.667. The molecule has 2 rings (SSSR count). The van der Waals surface area contributed by atoms with Crippen LogP contribution < -0.4 is 5.73 Å². The highest BCUT2D eigenvalue weighted by molar-refractivity contribution is 5.25. The summed E-state index contributed by atoms with van der Waals surface area (Å²) in [5, 5.41) is 0. The third kappa shape index (κ3) is 1.95. The van der Waals surface area contributed by atoms with Gasteiger partial charge in [0, 0.05) is 30.6 Å². The number of nitrogens with two attached hydrogens (primary N) is 1. The minimum atomic E-state index is -0.434. The van der Waals surface area contributed by atoms with E-state index in [1.54, 1.807) is 7.11 Å². The third-order valence-corrected chi connectivity index (χ3v) is 3.28. The average Bonchev–Trinajstić information content (AvgIpc) is 2.29. The average molecular weight is 221 g/mol. The second-order valence-electron chi connectivity index (χ2n) is 4.81. The maximum atomic E-state index is 6.03. The largest absolute Gasteiger partial charge is 0.371 e. The van der Waals surface area contributed by atoms with Gasteiger partial charge in [0.1, 0.15) is 5.60 Å². The van der Waals surface area contributed by atoms with Gasteiger partial charge in [-0.05, 0) is 33.1 Å². The van der Waals surface area contributed by atoms with Crippen molar-refractivity contribution in [2.75, 3.05) is 7.11 Å². The summed E-state index contributed by atoms with van der Waals surface area (Å²) in [7, 11) is 1.68. The van der Waals surface area contributed by atoms with E-state index in [2.05, 4.69) is 9.97 Å². The summed E-state index contributed by atoms with van der Waals surface area (Å²) in [5.74, 6) is 0.739. The number of methoxy groups -OCH3 is 1. The highest BCUT2D eigenvalue weighted by Gasteiger charge is 2.26. The second-order valence-corrected chi connectivity index (χ2v) is 4.81. The van der Waals surface area contributed by atoms with Crippen molar-refractivity contribution in [3.05, 3.63) is 23.3 Å². The molecule has 0 saturated heterocycles. The first kappa shape index (κ1) is 11.5. The number of aryl methyl sites for hydroxylation is 1. The van der Waals surface area contributed by atoms with E-state index < -0.39 is 5.60 Å². The molecule has 4 nitrogen and oxygen atoms in total. The van der Waals surface area contributed by atoms with Crippen LogP contribution in [0.2, 0.25) is 0 Å². The first-order valence-electron chi connectivity index (χ1n) is 5.71. The molecule has 0 aliphatic heterocycles. The molecule has 0 saturated carbocycles. The van der Waals surface area contributed by atoms with Crippen molar-refractivity contribution in [2.24, 2.45) is 5.73 Å². The molecular weight excluding hydrogens is 202 g/mol. The zero-order valence-electron chi connectivity index (χ0n) is 10.2. The van der Waals surface area contributed by atoms with Gasteiger partial charge in [-0.25, -0.2) is 9.97 Å². The van der Waals surface area contributed by atoms with Gasteiger partial charge in [-0.2, -0.15) is 0 Å². The van der Waals surface area contributed by atoms with E-state index in [1.165, 1.54) is 0 Å². The van der Waals surface area contributed by atoms with Crippen LogP contribution in [0.15, 0.2) is 6.20 Å². The molecule has 0 bridgehead atoms. The zero-order valence-corrected chi connectivity index (χ0v) is 10.2. The van der Waals surface area contributed by atoms with Crippen LogP contribution in [0.3, 0.4) is 0 Å². The Morgan fingerprint density at radius 3 is 2.94 bits per heavy atom. The number of nitrogens with zero attached hydrogens (tertiary/aromatic N) is 2. The minimum absolute atomic E-state index is 0.100. The molecule has 16 heavy (non-hydrogen) atoms. The van der Waals surface area contributed by atoms with E-state index in [0.29, 0.717) is 0 Å². The number of fused-ring (bicyclic) bond motifs is 1. The van der Waals surface area contributed by atoms with Crippen molar-refractivity contribution in [3.63, 3.8) is 0 Å². The summed E-state index contributed by atoms with van der Waals surface area (Å²) in [6.07, 6.45) is 5.00. The Hall–Kier alpha value is -1.00. The summed E-state index contributed by atoms with van der Waals surface area (Å²) < 4.78 is 5.39. The number of hydrogen-bond acceptors (Lipinski definition) is 4. The molecule has 1 atom stereocenters. The molecule has 1 aliphatic rings. The van der Waals surface area contributed by atoms with Crippen LogP contribution in [0, 0.1) is 0 Å². The van der Waals surface area contributed by atoms with Crippen LogP contribution >= 0.6 is 0 Å². The van der Waals surface area contributed by atoms with Crippen molar-refractivity contribution in [1.29, 1.82) is 0 Å². The monoisotopic (exact) mass is 221 g/mol. The quantitative estimate of drug-likeness (QED) is 0.825. The molecule has 0 aromatic carbocycles. The van der Waals surface area contributed by atoms with E-state index in [0.717, 1.165) is 36.3 Å². The molecule has 1 aromatic rings. The van der Waals surface area contributed by atoms with Crippen molar-refractivity contribution < 1.29 is 4.74 Å². The Bertz CT molecular complexity index is 390. The van der Waals surface area contributed by atoms with Crippen LogP contribution in [0.25, 0.3) is 0 Å². The van der Waals surface area contributed by atoms with E-state index in [1.807, 2.05) is 20.0 Å². The van der Waals surface area contributed by atoms with Crippen molar-refractivity contribution >= 4 is 0 Å². The lowest BCUT2D eigenvalue weighted by Crippen LogP contribution is -2.26. The fourth-order valence-corrected chi connectivity index (χ4v) is 1.96. The molecule has 1 aromatic heterocycles. The van der Waals surface area contributed by atoms with E-state index in [9.17, 15) is 0 Å². The zero-order chi connectivity index (χ0) is 11.8. The Balaban J connectivity index is 2.39. The number of rotatable bonds is 2. The Labute approximate surface area is 96.2 Å². The molecule has 1 heterocycles. The summed E-state index contributed by atoms with van der Waals surface area (Å²) in [5.41, 5.74) is 7.78. The van der Waals surface area contributed by atoms with Gasteiger partial charge < -0.3 is 10.5 Å². The molecule has 1 unspecified atom stereocenters. The molecule has 1 aliphatic carbocycles. The maximum Gasteiger partial charge on any atom is 0.159 e. The maximum absolute atomic E-state index is 6.03. The molecule has 0 radical (unpaired) electrons. The summed E-state index contributed by atoms with van der Waals surface area (Å²) in [4.78, 5) is 8.96. The Morgan fingerprint density at radius 1 is 1.50 bits per heavy atom. The standard InChI is InChI=1S/C12H19N3O/c1-12(2,16-3)11-14-7-8-9(13)5-4-6-10(8)15-11/h7,9H,4-6,13H2,1-3H3. The summed E-state index contributed by atoms with van der Waals surface area (Å²) >= 11 is 0. The third-order valence-electron chi connectivity index (χ3n) is 3.28. The van der Waals surface area contributed by atoms with Crippen molar-refractivity contribution in [3.8, 4) is 0 Å². The van der Waals surface area contributed by atoms with Gasteiger partial charge in [-0.1, -0.05) is 0 Å². The topological polar surface area (TPSA) is 61.0 Å². The lowest BCUT2D eigenvalue weighted by atomic mass is 9.93. The predicted molar refractivity (Wildman–Crippen MR) is 61.9 cm³/mol. The van der Waals surface area contributed by atoms with Gasteiger partial charge in [0.2, 0.25) is 0 Å². The van der Waals surface area contributed by atoms with Crippen LogP contribution in [0.5, 0.6) is 0 Å².